The minimum atomic E-state index is -0.176. The lowest BCUT2D eigenvalue weighted by atomic mass is 9.94. The molecule has 0 unspecified atom stereocenters. The van der Waals surface area contributed by atoms with Crippen molar-refractivity contribution in [2.24, 2.45) is 0 Å². The molecule has 0 fully saturated rings. The van der Waals surface area contributed by atoms with E-state index in [9.17, 15) is 5.11 Å². The van der Waals surface area contributed by atoms with Gasteiger partial charge in [0.2, 0.25) is 0 Å². The highest BCUT2D eigenvalue weighted by atomic mass is 32.2. The van der Waals surface area contributed by atoms with Crippen molar-refractivity contribution in [1.82, 2.24) is 9.97 Å². The predicted octanol–water partition coefficient (Wildman–Crippen LogP) is 4.23. The predicted molar refractivity (Wildman–Crippen MR) is 106 cm³/mol. The van der Waals surface area contributed by atoms with E-state index in [1.807, 2.05) is 0 Å². The van der Waals surface area contributed by atoms with Crippen LogP contribution in [0.15, 0.2) is 5.16 Å². The van der Waals surface area contributed by atoms with Gasteiger partial charge in [-0.1, -0.05) is 32.5 Å². The molecule has 2 N–H and O–H groups in total. The van der Waals surface area contributed by atoms with Crippen LogP contribution in [0.5, 0.6) is 0 Å². The number of rotatable bonds is 6. The first kappa shape index (κ1) is 18.9. The number of hydrogen-bond acceptors (Lipinski definition) is 7. The highest BCUT2D eigenvalue weighted by Gasteiger charge is 2.31. The fourth-order valence-electron chi connectivity index (χ4n) is 2.96. The number of thiophene rings is 1. The zero-order chi connectivity index (χ0) is 18.2. The third kappa shape index (κ3) is 4.10. The number of thioether (sulfide) groups is 1. The molecule has 0 saturated carbocycles. The zero-order valence-corrected chi connectivity index (χ0v) is 17.2. The third-order valence-corrected chi connectivity index (χ3v) is 6.27. The van der Waals surface area contributed by atoms with Gasteiger partial charge in [0, 0.05) is 16.5 Å². The zero-order valence-electron chi connectivity index (χ0n) is 15.5. The summed E-state index contributed by atoms with van der Waals surface area (Å²) >= 11 is 3.37. The van der Waals surface area contributed by atoms with Crippen LogP contribution in [0.25, 0.3) is 10.2 Å². The number of aliphatic hydroxyl groups excluding tert-OH is 1. The molecular formula is C18H27N3O2S2. The van der Waals surface area contributed by atoms with E-state index in [1.54, 1.807) is 23.1 Å². The lowest BCUT2D eigenvalue weighted by Gasteiger charge is -2.30. The van der Waals surface area contributed by atoms with Crippen molar-refractivity contribution in [2.75, 3.05) is 11.9 Å². The van der Waals surface area contributed by atoms with E-state index >= 15 is 0 Å². The first-order valence-electron chi connectivity index (χ1n) is 8.83. The molecular weight excluding hydrogens is 354 g/mol. The molecule has 0 bridgehead atoms. The molecule has 2 aromatic heterocycles. The Morgan fingerprint density at radius 3 is 2.76 bits per heavy atom. The number of aliphatic hydroxyl groups is 1. The molecule has 3 heterocycles. The van der Waals surface area contributed by atoms with Crippen LogP contribution in [0.2, 0.25) is 0 Å². The van der Waals surface area contributed by atoms with Crippen molar-refractivity contribution < 1.29 is 9.84 Å². The van der Waals surface area contributed by atoms with E-state index in [-0.39, 0.29) is 18.2 Å². The molecule has 3 rings (SSSR count). The van der Waals surface area contributed by atoms with Crippen LogP contribution in [0.1, 0.15) is 51.5 Å². The van der Waals surface area contributed by atoms with Crippen molar-refractivity contribution in [3.8, 4) is 0 Å². The first-order chi connectivity index (χ1) is 11.8. The Kier molecular flexibility index (Phi) is 5.58. The quantitative estimate of drug-likeness (QED) is 0.577. The molecule has 0 saturated heterocycles. The third-order valence-electron chi connectivity index (χ3n) is 4.31. The van der Waals surface area contributed by atoms with Crippen LogP contribution in [-0.4, -0.2) is 38.6 Å². The van der Waals surface area contributed by atoms with E-state index in [4.69, 9.17) is 14.7 Å². The maximum atomic E-state index is 9.62. The minimum Gasteiger partial charge on any atom is -0.394 e. The Labute approximate surface area is 157 Å². The summed E-state index contributed by atoms with van der Waals surface area (Å²) in [6, 6.07) is -0.00148. The number of fused-ring (bicyclic) bond motifs is 3. The van der Waals surface area contributed by atoms with E-state index in [2.05, 4.69) is 39.9 Å². The summed E-state index contributed by atoms with van der Waals surface area (Å²) in [7, 11) is 0. The number of nitrogens with zero attached hydrogens (tertiary/aromatic N) is 2. The lowest BCUT2D eigenvalue weighted by molar-refractivity contribution is -0.0379. The molecule has 5 nitrogen and oxygen atoms in total. The first-order valence-corrected chi connectivity index (χ1v) is 10.5. The van der Waals surface area contributed by atoms with Gasteiger partial charge in [0.05, 0.1) is 30.2 Å². The topological polar surface area (TPSA) is 67.3 Å². The Hall–Kier alpha value is -0.890. The van der Waals surface area contributed by atoms with E-state index < -0.39 is 0 Å². The van der Waals surface area contributed by atoms with Crippen molar-refractivity contribution in [3.05, 3.63) is 10.4 Å². The van der Waals surface area contributed by atoms with Crippen LogP contribution >= 0.6 is 23.1 Å². The second-order valence-corrected chi connectivity index (χ2v) is 9.99. The number of anilines is 1. The van der Waals surface area contributed by atoms with E-state index in [0.29, 0.717) is 11.9 Å². The summed E-state index contributed by atoms with van der Waals surface area (Å²) in [4.78, 5) is 11.9. The normalized spacial score (nSPS) is 17.7. The van der Waals surface area contributed by atoms with Crippen LogP contribution in [0.4, 0.5) is 5.82 Å². The van der Waals surface area contributed by atoms with Gasteiger partial charge in [0.25, 0.3) is 0 Å². The Bertz CT molecular complexity index is 754. The number of aromatic nitrogens is 2. The summed E-state index contributed by atoms with van der Waals surface area (Å²) in [6.07, 6.45) is 1.70. The van der Waals surface area contributed by atoms with E-state index in [0.717, 1.165) is 34.0 Å². The summed E-state index contributed by atoms with van der Waals surface area (Å²) in [6.45, 7) is 11.3. The van der Waals surface area contributed by atoms with Gasteiger partial charge in [-0.2, -0.15) is 0 Å². The van der Waals surface area contributed by atoms with Crippen molar-refractivity contribution >= 4 is 39.1 Å². The average molecular weight is 382 g/mol. The van der Waals surface area contributed by atoms with Crippen LogP contribution in [-0.2, 0) is 17.8 Å². The van der Waals surface area contributed by atoms with Crippen LogP contribution in [0, 0.1) is 0 Å². The van der Waals surface area contributed by atoms with Gasteiger partial charge >= 0.3 is 0 Å². The van der Waals surface area contributed by atoms with Gasteiger partial charge in [-0.25, -0.2) is 9.97 Å². The van der Waals surface area contributed by atoms with Crippen LogP contribution in [0.3, 0.4) is 0 Å². The minimum absolute atomic E-state index is 0.00148. The second-order valence-electron chi connectivity index (χ2n) is 7.36. The van der Waals surface area contributed by atoms with Gasteiger partial charge in [0.15, 0.2) is 5.16 Å². The fourth-order valence-corrected chi connectivity index (χ4v) is 4.83. The molecule has 25 heavy (non-hydrogen) atoms. The molecule has 0 aliphatic carbocycles. The van der Waals surface area contributed by atoms with Crippen molar-refractivity contribution in [2.45, 2.75) is 76.1 Å². The smallest absolute Gasteiger partial charge is 0.191 e. The molecule has 0 spiro atoms. The largest absolute Gasteiger partial charge is 0.394 e. The molecule has 0 amide bonds. The summed E-state index contributed by atoms with van der Waals surface area (Å²) in [5.41, 5.74) is 1.12. The molecule has 1 aliphatic heterocycles. The van der Waals surface area contributed by atoms with Crippen molar-refractivity contribution in [1.29, 1.82) is 0 Å². The SMILES string of the molecule is CC[C@H](CO)Nc1nc(SC(C)C)nc2sc3c(c12)CC(C)(C)OC3. The van der Waals surface area contributed by atoms with E-state index in [1.165, 1.54) is 10.4 Å². The number of hydrogen-bond donors (Lipinski definition) is 2. The molecule has 2 aromatic rings. The highest BCUT2D eigenvalue weighted by molar-refractivity contribution is 7.99. The Balaban J connectivity index is 2.12. The molecule has 1 atom stereocenters. The van der Waals surface area contributed by atoms with Gasteiger partial charge < -0.3 is 15.2 Å². The summed E-state index contributed by atoms with van der Waals surface area (Å²) in [5, 5.41) is 15.4. The second kappa shape index (κ2) is 7.39. The highest BCUT2D eigenvalue weighted by Crippen LogP contribution is 2.41. The molecule has 7 heteroatoms. The number of ether oxygens (including phenoxy) is 1. The van der Waals surface area contributed by atoms with Gasteiger partial charge in [0.1, 0.15) is 10.6 Å². The maximum absolute atomic E-state index is 9.62. The summed E-state index contributed by atoms with van der Waals surface area (Å²) in [5.74, 6) is 0.851. The molecule has 0 radical (unpaired) electrons. The standard InChI is InChI=1S/C18H27N3O2S2/c1-6-11(8-22)19-15-14-12-7-18(4,5)23-9-13(12)25-16(14)21-17(20-15)24-10(2)3/h10-11,22H,6-9H2,1-5H3,(H,19,20,21)/t11-/m1/s1. The molecule has 138 valence electrons. The maximum Gasteiger partial charge on any atom is 0.191 e. The number of nitrogens with one attached hydrogen (secondary N) is 1. The average Bonchev–Trinajstić information content (AvgIpc) is 2.88. The fraction of sp³-hybridized carbons (Fsp3) is 0.667. The van der Waals surface area contributed by atoms with Gasteiger partial charge in [-0.05, 0) is 25.8 Å². The Morgan fingerprint density at radius 2 is 2.12 bits per heavy atom. The monoisotopic (exact) mass is 381 g/mol. The lowest BCUT2D eigenvalue weighted by Crippen LogP contribution is -2.31. The van der Waals surface area contributed by atoms with Crippen LogP contribution < -0.4 is 5.32 Å². The molecule has 0 aromatic carbocycles. The van der Waals surface area contributed by atoms with Gasteiger partial charge in [-0.3, -0.25) is 0 Å². The van der Waals surface area contributed by atoms with Gasteiger partial charge in [-0.15, -0.1) is 11.3 Å². The van der Waals surface area contributed by atoms with Crippen molar-refractivity contribution in [3.63, 3.8) is 0 Å². The molecule has 1 aliphatic rings. The summed E-state index contributed by atoms with van der Waals surface area (Å²) < 4.78 is 5.98. The Morgan fingerprint density at radius 1 is 1.36 bits per heavy atom.